The molecule has 17 heavy (non-hydrogen) atoms. The van der Waals surface area contributed by atoms with Gasteiger partial charge in [0.05, 0.1) is 0 Å². The van der Waals surface area contributed by atoms with Gasteiger partial charge in [0.15, 0.2) is 4.77 Å². The van der Waals surface area contributed by atoms with Gasteiger partial charge in [-0.05, 0) is 31.6 Å². The van der Waals surface area contributed by atoms with Crippen molar-refractivity contribution in [1.82, 2.24) is 9.97 Å². The molecule has 0 bridgehead atoms. The molecule has 1 aliphatic heterocycles. The lowest BCUT2D eigenvalue weighted by Gasteiger charge is -1.96. The van der Waals surface area contributed by atoms with Gasteiger partial charge in [0.1, 0.15) is 0 Å². The summed E-state index contributed by atoms with van der Waals surface area (Å²) in [5, 5.41) is 0. The maximum absolute atomic E-state index is 5.40. The molecule has 1 aromatic rings. The number of nitrogens with one attached hydrogen (secondary N) is 1. The number of hydrogen-bond donors (Lipinski definition) is 1. The number of nitrogens with zero attached hydrogens (tertiary/aromatic N) is 1. The molecule has 8 heteroatoms. The first-order chi connectivity index (χ1) is 7.68. The number of hydrogen-bond acceptors (Lipinski definition) is 3. The summed E-state index contributed by atoms with van der Waals surface area (Å²) in [5.41, 5.74) is 2.14. The van der Waals surface area contributed by atoms with Gasteiger partial charge in [-0.2, -0.15) is 0 Å². The van der Waals surface area contributed by atoms with Crippen LogP contribution in [0, 0.1) is 11.7 Å². The first-order valence-corrected chi connectivity index (χ1v) is 7.44. The van der Waals surface area contributed by atoms with Crippen LogP contribution in [0.25, 0.3) is 0 Å². The largest absolute Gasteiger partial charge is 0.335 e. The van der Waals surface area contributed by atoms with Crippen molar-refractivity contribution in [1.29, 1.82) is 0 Å². The second-order valence-electron chi connectivity index (χ2n) is 3.35. The Labute approximate surface area is 129 Å². The highest BCUT2D eigenvalue weighted by Gasteiger charge is 2.67. The molecule has 2 nitrogen and oxygen atoms in total. The molecule has 0 amide bonds. The van der Waals surface area contributed by atoms with Crippen LogP contribution < -0.4 is 0 Å². The number of aryl methyl sites for hydroxylation is 2. The summed E-state index contributed by atoms with van der Waals surface area (Å²) in [6.07, 6.45) is 0.944. The average Bonchev–Trinajstić information content (AvgIpc) is 2.61. The van der Waals surface area contributed by atoms with Crippen LogP contribution in [0.1, 0.15) is 18.3 Å². The quantitative estimate of drug-likeness (QED) is 0.438. The smallest absolute Gasteiger partial charge is 0.208 e. The summed E-state index contributed by atoms with van der Waals surface area (Å²) < 4.78 is -1.34. The standard InChI is InChI=1S/C7H10N2S.C2Cl4S/c1-3-6-4-5(2)8-7(10)9-6;3-1(4)2(5,6)7-1/h4H,3H2,1-2H3,(H,8,9,10);. The maximum atomic E-state index is 5.40. The molecule has 0 saturated carbocycles. The van der Waals surface area contributed by atoms with Crippen molar-refractivity contribution in [2.75, 3.05) is 0 Å². The first kappa shape index (κ1) is 15.9. The molecule has 0 atom stereocenters. The van der Waals surface area contributed by atoms with E-state index in [0.717, 1.165) is 29.6 Å². The fourth-order valence-corrected chi connectivity index (χ4v) is 3.37. The fraction of sp³-hybridized carbons (Fsp3) is 0.556. The van der Waals surface area contributed by atoms with Crippen molar-refractivity contribution < 1.29 is 0 Å². The van der Waals surface area contributed by atoms with Gasteiger partial charge < -0.3 is 4.98 Å². The third-order valence-corrected chi connectivity index (χ3v) is 5.86. The van der Waals surface area contributed by atoms with Crippen molar-refractivity contribution in [2.45, 2.75) is 27.6 Å². The summed E-state index contributed by atoms with van der Waals surface area (Å²) in [4.78, 5) is 7.06. The van der Waals surface area contributed by atoms with Crippen LogP contribution in [0.15, 0.2) is 6.07 Å². The molecule has 0 aromatic carbocycles. The molecule has 1 aromatic heterocycles. The third-order valence-electron chi connectivity index (χ3n) is 1.85. The van der Waals surface area contributed by atoms with Gasteiger partial charge in [0.2, 0.25) is 7.33 Å². The predicted molar refractivity (Wildman–Crippen MR) is 80.0 cm³/mol. The van der Waals surface area contributed by atoms with Gasteiger partial charge in [-0.25, -0.2) is 4.98 Å². The molecule has 1 saturated heterocycles. The van der Waals surface area contributed by atoms with E-state index in [-0.39, 0.29) is 0 Å². The molecule has 0 radical (unpaired) electrons. The Bertz CT molecular complexity index is 447. The summed E-state index contributed by atoms with van der Waals surface area (Å²) in [5.74, 6) is 0. The molecule has 0 aliphatic carbocycles. The monoisotopic (exact) mass is 350 g/mol. The number of rotatable bonds is 1. The maximum Gasteiger partial charge on any atom is 0.208 e. The van der Waals surface area contributed by atoms with Crippen molar-refractivity contribution >= 4 is 70.4 Å². The van der Waals surface area contributed by atoms with E-state index in [2.05, 4.69) is 16.9 Å². The summed E-state index contributed by atoms with van der Waals surface area (Å²) in [6.45, 7) is 4.05. The van der Waals surface area contributed by atoms with E-state index in [1.165, 1.54) is 0 Å². The zero-order chi connectivity index (χ0) is 13.3. The summed E-state index contributed by atoms with van der Waals surface area (Å²) >= 11 is 27.6. The molecule has 1 aliphatic rings. The molecule has 0 unspecified atom stereocenters. The van der Waals surface area contributed by atoms with Crippen molar-refractivity contribution in [2.24, 2.45) is 0 Å². The molecule has 2 rings (SSSR count). The highest BCUT2D eigenvalue weighted by molar-refractivity contribution is 8.16. The molecule has 1 N–H and O–H groups in total. The minimum Gasteiger partial charge on any atom is -0.335 e. The number of thioether (sulfide) groups is 1. The lowest BCUT2D eigenvalue weighted by molar-refractivity contribution is 0.960. The Balaban J connectivity index is 0.000000181. The van der Waals surface area contributed by atoms with E-state index in [1.54, 1.807) is 0 Å². The summed E-state index contributed by atoms with van der Waals surface area (Å²) in [6, 6.07) is 2.01. The van der Waals surface area contributed by atoms with E-state index in [0.29, 0.717) is 4.77 Å². The first-order valence-electron chi connectivity index (χ1n) is 4.70. The van der Waals surface area contributed by atoms with Gasteiger partial charge in [0.25, 0.3) is 0 Å². The van der Waals surface area contributed by atoms with Gasteiger partial charge in [-0.3, -0.25) is 0 Å². The number of aromatic nitrogens is 2. The topological polar surface area (TPSA) is 28.7 Å². The van der Waals surface area contributed by atoms with Gasteiger partial charge in [-0.1, -0.05) is 65.1 Å². The number of alkyl halides is 4. The molecular weight excluding hydrogens is 342 g/mol. The van der Waals surface area contributed by atoms with Crippen LogP contribution in [-0.4, -0.2) is 17.3 Å². The number of aromatic amines is 1. The molecular formula is C9H10Cl4N2S2. The normalized spacial score (nSPS) is 19.2. The highest BCUT2D eigenvalue weighted by atomic mass is 35.5. The highest BCUT2D eigenvalue weighted by Crippen LogP contribution is 2.74. The van der Waals surface area contributed by atoms with Crippen molar-refractivity contribution in [3.8, 4) is 0 Å². The number of H-pyrrole nitrogens is 1. The minimum absolute atomic E-state index is 0.580. The Morgan fingerprint density at radius 2 is 1.82 bits per heavy atom. The van der Waals surface area contributed by atoms with E-state index in [1.807, 2.05) is 13.0 Å². The fourth-order valence-electron chi connectivity index (χ4n) is 0.962. The second-order valence-corrected chi connectivity index (χ2v) is 8.72. The number of halogens is 4. The van der Waals surface area contributed by atoms with Crippen LogP contribution in [0.2, 0.25) is 0 Å². The molecule has 0 spiro atoms. The Hall–Kier alpha value is 0.810. The van der Waals surface area contributed by atoms with Gasteiger partial charge in [-0.15, -0.1) is 0 Å². The van der Waals surface area contributed by atoms with Crippen LogP contribution in [0.4, 0.5) is 0 Å². The van der Waals surface area contributed by atoms with E-state index in [9.17, 15) is 0 Å². The van der Waals surface area contributed by atoms with Crippen LogP contribution in [0.3, 0.4) is 0 Å². The minimum atomic E-state index is -0.962. The van der Waals surface area contributed by atoms with E-state index < -0.39 is 7.33 Å². The lowest BCUT2D eigenvalue weighted by Crippen LogP contribution is -1.96. The molecule has 96 valence electrons. The van der Waals surface area contributed by atoms with Crippen molar-refractivity contribution in [3.05, 3.63) is 22.2 Å². The zero-order valence-electron chi connectivity index (χ0n) is 9.06. The van der Waals surface area contributed by atoms with Gasteiger partial charge in [0, 0.05) is 11.4 Å². The SMILES string of the molecule is CCc1cc(C)[nH]c(=S)n1.ClC1(Cl)SC1(Cl)Cl. The van der Waals surface area contributed by atoms with E-state index in [4.69, 9.17) is 58.6 Å². The van der Waals surface area contributed by atoms with Crippen LogP contribution >= 0.6 is 70.4 Å². The predicted octanol–water partition coefficient (Wildman–Crippen LogP) is 5.01. The Kier molecular flexibility index (Phi) is 5.46. The van der Waals surface area contributed by atoms with Crippen LogP contribution in [0.5, 0.6) is 0 Å². The Morgan fingerprint density at radius 1 is 1.35 bits per heavy atom. The van der Waals surface area contributed by atoms with Crippen molar-refractivity contribution in [3.63, 3.8) is 0 Å². The third kappa shape index (κ3) is 4.77. The molecule has 1 fully saturated rings. The Morgan fingerprint density at radius 3 is 2.12 bits per heavy atom. The van der Waals surface area contributed by atoms with E-state index >= 15 is 0 Å². The zero-order valence-corrected chi connectivity index (χ0v) is 13.7. The lowest BCUT2D eigenvalue weighted by atomic mass is 10.3. The van der Waals surface area contributed by atoms with Gasteiger partial charge >= 0.3 is 0 Å². The molecule has 2 heterocycles. The summed E-state index contributed by atoms with van der Waals surface area (Å²) in [7, 11) is 0. The average molecular weight is 352 g/mol. The second kappa shape index (κ2) is 5.85. The van der Waals surface area contributed by atoms with Crippen LogP contribution in [-0.2, 0) is 6.42 Å².